The first-order valence-corrected chi connectivity index (χ1v) is 9.17. The van der Waals surface area contributed by atoms with Gasteiger partial charge in [0.05, 0.1) is 6.04 Å². The molecule has 0 amide bonds. The first-order chi connectivity index (χ1) is 9.78. The van der Waals surface area contributed by atoms with Crippen molar-refractivity contribution >= 4 is 11.3 Å². The number of fused-ring (bicyclic) bond motifs is 1. The minimum atomic E-state index is 0.384. The Labute approximate surface area is 127 Å². The van der Waals surface area contributed by atoms with Gasteiger partial charge in [0, 0.05) is 9.75 Å². The van der Waals surface area contributed by atoms with E-state index in [9.17, 15) is 0 Å². The Bertz CT molecular complexity index is 417. The molecular formula is C17H28N2S. The molecule has 1 fully saturated rings. The highest BCUT2D eigenvalue weighted by atomic mass is 32.1. The summed E-state index contributed by atoms with van der Waals surface area (Å²) in [5, 5.41) is 0. The van der Waals surface area contributed by atoms with Gasteiger partial charge in [-0.3, -0.25) is 11.3 Å². The Morgan fingerprint density at radius 1 is 1.20 bits per heavy atom. The summed E-state index contributed by atoms with van der Waals surface area (Å²) in [4.78, 5) is 3.14. The molecule has 0 aliphatic heterocycles. The molecular weight excluding hydrogens is 264 g/mol. The van der Waals surface area contributed by atoms with Gasteiger partial charge in [-0.1, -0.05) is 26.2 Å². The number of rotatable bonds is 3. The van der Waals surface area contributed by atoms with E-state index in [4.69, 9.17) is 5.84 Å². The number of thiophene rings is 1. The topological polar surface area (TPSA) is 38.0 Å². The Morgan fingerprint density at radius 3 is 2.85 bits per heavy atom. The lowest BCUT2D eigenvalue weighted by Gasteiger charge is -2.32. The van der Waals surface area contributed by atoms with Crippen molar-refractivity contribution in [1.82, 2.24) is 5.43 Å². The number of nitrogens with two attached hydrogens (primary N) is 1. The van der Waals surface area contributed by atoms with Gasteiger partial charge in [-0.25, -0.2) is 0 Å². The second-order valence-electron chi connectivity index (χ2n) is 6.83. The maximum Gasteiger partial charge on any atom is 0.0581 e. The van der Waals surface area contributed by atoms with Crippen molar-refractivity contribution in [2.24, 2.45) is 17.7 Å². The Balaban J connectivity index is 1.78. The van der Waals surface area contributed by atoms with E-state index in [0.717, 1.165) is 11.8 Å². The molecule has 0 bridgehead atoms. The Hall–Kier alpha value is -0.380. The summed E-state index contributed by atoms with van der Waals surface area (Å²) in [6.07, 6.45) is 12.1. The summed E-state index contributed by atoms with van der Waals surface area (Å²) in [6, 6.07) is 2.85. The number of nitrogens with one attached hydrogen (secondary N) is 1. The van der Waals surface area contributed by atoms with Crippen LogP contribution in [0, 0.1) is 11.8 Å². The average molecular weight is 292 g/mol. The average Bonchev–Trinajstić information content (AvgIpc) is 2.70. The van der Waals surface area contributed by atoms with Crippen LogP contribution in [-0.4, -0.2) is 0 Å². The molecule has 112 valence electrons. The van der Waals surface area contributed by atoms with E-state index in [2.05, 4.69) is 18.4 Å². The zero-order valence-corrected chi connectivity index (χ0v) is 13.5. The summed E-state index contributed by atoms with van der Waals surface area (Å²) in [6.45, 7) is 2.39. The van der Waals surface area contributed by atoms with Crippen LogP contribution in [0.2, 0.25) is 0 Å². The highest BCUT2D eigenvalue weighted by Gasteiger charge is 2.29. The van der Waals surface area contributed by atoms with Crippen molar-refractivity contribution in [3.63, 3.8) is 0 Å². The van der Waals surface area contributed by atoms with Crippen LogP contribution >= 0.6 is 11.3 Å². The SMILES string of the molecule is CC1CCCC(C(NN)c2cc3c(s2)CCCCC3)C1. The number of aryl methyl sites for hydroxylation is 2. The predicted octanol–water partition coefficient (Wildman–Crippen LogP) is 4.35. The van der Waals surface area contributed by atoms with E-state index >= 15 is 0 Å². The molecule has 1 heterocycles. The molecule has 0 saturated heterocycles. The van der Waals surface area contributed by atoms with Crippen LogP contribution in [0.25, 0.3) is 0 Å². The molecule has 3 unspecified atom stereocenters. The smallest absolute Gasteiger partial charge is 0.0581 e. The molecule has 0 radical (unpaired) electrons. The lowest BCUT2D eigenvalue weighted by molar-refractivity contribution is 0.226. The summed E-state index contributed by atoms with van der Waals surface area (Å²) in [5.74, 6) is 7.52. The minimum Gasteiger partial charge on any atom is -0.271 e. The molecule has 2 aliphatic rings. The number of hydrogen-bond donors (Lipinski definition) is 2. The normalized spacial score (nSPS) is 28.7. The fraction of sp³-hybridized carbons (Fsp3) is 0.765. The minimum absolute atomic E-state index is 0.384. The first kappa shape index (κ1) is 14.6. The molecule has 1 aromatic heterocycles. The van der Waals surface area contributed by atoms with E-state index in [1.165, 1.54) is 62.7 Å². The van der Waals surface area contributed by atoms with Gasteiger partial charge < -0.3 is 0 Å². The summed E-state index contributed by atoms with van der Waals surface area (Å²) in [7, 11) is 0. The fourth-order valence-corrected chi connectivity index (χ4v) is 5.49. The van der Waals surface area contributed by atoms with Crippen molar-refractivity contribution in [2.45, 2.75) is 70.8 Å². The highest BCUT2D eigenvalue weighted by molar-refractivity contribution is 7.12. The van der Waals surface area contributed by atoms with Crippen molar-refractivity contribution in [3.05, 3.63) is 21.4 Å². The third-order valence-corrected chi connectivity index (χ3v) is 6.52. The summed E-state index contributed by atoms with van der Waals surface area (Å²) in [5.41, 5.74) is 4.76. The van der Waals surface area contributed by atoms with Gasteiger partial charge in [-0.2, -0.15) is 0 Å². The van der Waals surface area contributed by atoms with Gasteiger partial charge in [-0.15, -0.1) is 11.3 Å². The molecule has 3 rings (SSSR count). The van der Waals surface area contributed by atoms with E-state index in [1.807, 2.05) is 11.3 Å². The molecule has 2 aliphatic carbocycles. The standard InChI is InChI=1S/C17H28N2S/c1-12-6-5-8-14(10-12)17(19-18)16-11-13-7-3-2-4-9-15(13)20-16/h11-12,14,17,19H,2-10,18H2,1H3. The predicted molar refractivity (Wildman–Crippen MR) is 86.8 cm³/mol. The molecule has 1 aromatic rings. The van der Waals surface area contributed by atoms with Crippen molar-refractivity contribution in [2.75, 3.05) is 0 Å². The van der Waals surface area contributed by atoms with Crippen LogP contribution in [0.1, 0.15) is 73.2 Å². The molecule has 3 atom stereocenters. The van der Waals surface area contributed by atoms with Gasteiger partial charge in [0.2, 0.25) is 0 Å². The summed E-state index contributed by atoms with van der Waals surface area (Å²) < 4.78 is 0. The first-order valence-electron chi connectivity index (χ1n) is 8.35. The molecule has 0 aromatic carbocycles. The molecule has 3 heteroatoms. The molecule has 20 heavy (non-hydrogen) atoms. The zero-order chi connectivity index (χ0) is 13.9. The third kappa shape index (κ3) is 3.10. The number of hydrazine groups is 1. The van der Waals surface area contributed by atoms with Crippen LogP contribution in [0.3, 0.4) is 0 Å². The van der Waals surface area contributed by atoms with Crippen LogP contribution in [0.4, 0.5) is 0 Å². The maximum atomic E-state index is 5.93. The number of hydrogen-bond acceptors (Lipinski definition) is 3. The molecule has 0 spiro atoms. The largest absolute Gasteiger partial charge is 0.271 e. The van der Waals surface area contributed by atoms with Gasteiger partial charge in [0.1, 0.15) is 0 Å². The Morgan fingerprint density at radius 2 is 2.05 bits per heavy atom. The van der Waals surface area contributed by atoms with Gasteiger partial charge in [-0.05, 0) is 62.0 Å². The zero-order valence-electron chi connectivity index (χ0n) is 12.7. The van der Waals surface area contributed by atoms with Crippen LogP contribution in [0.15, 0.2) is 6.07 Å². The molecule has 2 nitrogen and oxygen atoms in total. The molecule has 1 saturated carbocycles. The van der Waals surface area contributed by atoms with Gasteiger partial charge in [0.15, 0.2) is 0 Å². The second kappa shape index (κ2) is 6.59. The van der Waals surface area contributed by atoms with Crippen LogP contribution in [0.5, 0.6) is 0 Å². The third-order valence-electron chi connectivity index (χ3n) is 5.20. The van der Waals surface area contributed by atoms with Crippen molar-refractivity contribution in [1.29, 1.82) is 0 Å². The maximum absolute atomic E-state index is 5.93. The monoisotopic (exact) mass is 292 g/mol. The molecule has 3 N–H and O–H groups in total. The summed E-state index contributed by atoms with van der Waals surface area (Å²) >= 11 is 2.03. The second-order valence-corrected chi connectivity index (χ2v) is 8.00. The van der Waals surface area contributed by atoms with Gasteiger partial charge in [0.25, 0.3) is 0 Å². The van der Waals surface area contributed by atoms with Crippen LogP contribution < -0.4 is 11.3 Å². The van der Waals surface area contributed by atoms with Gasteiger partial charge >= 0.3 is 0 Å². The van der Waals surface area contributed by atoms with E-state index in [-0.39, 0.29) is 0 Å². The Kier molecular flexibility index (Phi) is 4.79. The highest BCUT2D eigenvalue weighted by Crippen LogP contribution is 2.40. The van der Waals surface area contributed by atoms with Crippen LogP contribution in [-0.2, 0) is 12.8 Å². The van der Waals surface area contributed by atoms with E-state index in [0.29, 0.717) is 6.04 Å². The van der Waals surface area contributed by atoms with E-state index < -0.39 is 0 Å². The lowest BCUT2D eigenvalue weighted by Crippen LogP contribution is -2.35. The quantitative estimate of drug-likeness (QED) is 0.494. The van der Waals surface area contributed by atoms with Crippen molar-refractivity contribution in [3.8, 4) is 0 Å². The van der Waals surface area contributed by atoms with E-state index in [1.54, 1.807) is 10.4 Å². The lowest BCUT2D eigenvalue weighted by atomic mass is 9.78. The fourth-order valence-electron chi connectivity index (χ4n) is 4.08. The van der Waals surface area contributed by atoms with Crippen molar-refractivity contribution < 1.29 is 0 Å².